The summed E-state index contributed by atoms with van der Waals surface area (Å²) in [5, 5.41) is 6.57. The summed E-state index contributed by atoms with van der Waals surface area (Å²) in [6.07, 6.45) is 4.63. The summed E-state index contributed by atoms with van der Waals surface area (Å²) in [5.41, 5.74) is 0. The molecule has 0 aromatic carbocycles. The highest BCUT2D eigenvalue weighted by Crippen LogP contribution is 2.28. The molecule has 1 rings (SSSR count). The molecule has 0 aromatic heterocycles. The van der Waals surface area contributed by atoms with Gasteiger partial charge in [0.05, 0.1) is 13.2 Å². The first-order valence-corrected chi connectivity index (χ1v) is 8.53. The van der Waals surface area contributed by atoms with Crippen molar-refractivity contribution in [2.45, 2.75) is 32.6 Å². The van der Waals surface area contributed by atoms with Gasteiger partial charge in [0.1, 0.15) is 0 Å². The molecular weight excluding hydrogens is 282 g/mol. The van der Waals surface area contributed by atoms with Gasteiger partial charge in [0.25, 0.3) is 0 Å². The van der Waals surface area contributed by atoms with Crippen molar-refractivity contribution < 1.29 is 14.2 Å². The van der Waals surface area contributed by atoms with E-state index in [4.69, 9.17) is 14.2 Å². The van der Waals surface area contributed by atoms with Crippen molar-refractivity contribution in [1.82, 2.24) is 10.6 Å². The number of nitrogens with one attached hydrogen (secondary N) is 2. The average Bonchev–Trinajstić information content (AvgIpc) is 3.34. The largest absolute Gasteiger partial charge is 0.382 e. The molecule has 0 heterocycles. The molecule has 130 valence electrons. The van der Waals surface area contributed by atoms with Crippen LogP contribution < -0.4 is 10.6 Å². The second-order valence-corrected chi connectivity index (χ2v) is 5.52. The van der Waals surface area contributed by atoms with E-state index < -0.39 is 0 Å². The fourth-order valence-electron chi connectivity index (χ4n) is 1.86. The molecule has 0 bridgehead atoms. The lowest BCUT2D eigenvalue weighted by Crippen LogP contribution is -2.38. The van der Waals surface area contributed by atoms with Gasteiger partial charge in [-0.1, -0.05) is 0 Å². The van der Waals surface area contributed by atoms with Crippen LogP contribution >= 0.6 is 0 Å². The number of nitrogens with zero attached hydrogens (tertiary/aromatic N) is 1. The van der Waals surface area contributed by atoms with Crippen molar-refractivity contribution in [2.75, 3.05) is 59.8 Å². The third kappa shape index (κ3) is 11.8. The minimum absolute atomic E-state index is 0.653. The molecule has 1 saturated carbocycles. The maximum Gasteiger partial charge on any atom is 0.191 e. The lowest BCUT2D eigenvalue weighted by Gasteiger charge is -2.11. The van der Waals surface area contributed by atoms with E-state index in [1.165, 1.54) is 12.8 Å². The molecule has 6 heteroatoms. The highest BCUT2D eigenvalue weighted by molar-refractivity contribution is 5.79. The molecule has 1 aliphatic rings. The number of hydrogen-bond acceptors (Lipinski definition) is 4. The summed E-state index contributed by atoms with van der Waals surface area (Å²) in [4.78, 5) is 4.55. The van der Waals surface area contributed by atoms with E-state index in [1.54, 1.807) is 7.11 Å². The fourth-order valence-corrected chi connectivity index (χ4v) is 1.86. The third-order valence-electron chi connectivity index (χ3n) is 3.30. The van der Waals surface area contributed by atoms with Gasteiger partial charge < -0.3 is 24.8 Å². The molecule has 0 atom stereocenters. The van der Waals surface area contributed by atoms with Crippen molar-refractivity contribution in [2.24, 2.45) is 10.9 Å². The summed E-state index contributed by atoms with van der Waals surface area (Å²) in [6, 6.07) is 0. The van der Waals surface area contributed by atoms with Crippen LogP contribution in [0.2, 0.25) is 0 Å². The molecule has 0 unspecified atom stereocenters. The molecule has 0 saturated heterocycles. The molecule has 6 nitrogen and oxygen atoms in total. The van der Waals surface area contributed by atoms with Crippen molar-refractivity contribution in [3.8, 4) is 0 Å². The summed E-state index contributed by atoms with van der Waals surface area (Å²) in [5.74, 6) is 1.72. The van der Waals surface area contributed by atoms with Crippen LogP contribution in [-0.2, 0) is 14.2 Å². The molecule has 0 aliphatic heterocycles. The molecule has 1 aliphatic carbocycles. The van der Waals surface area contributed by atoms with Gasteiger partial charge in [-0.25, -0.2) is 0 Å². The summed E-state index contributed by atoms with van der Waals surface area (Å²) in [7, 11) is 1.68. The van der Waals surface area contributed by atoms with Crippen LogP contribution in [0.15, 0.2) is 4.99 Å². The standard InChI is InChI=1S/C16H33N3O3/c1-3-17-16(18-8-4-10-21-13-12-20-2)19-9-5-11-22-14-15-6-7-15/h15H,3-14H2,1-2H3,(H2,17,18,19). The van der Waals surface area contributed by atoms with Gasteiger partial charge >= 0.3 is 0 Å². The van der Waals surface area contributed by atoms with E-state index >= 15 is 0 Å². The molecule has 0 spiro atoms. The van der Waals surface area contributed by atoms with Gasteiger partial charge in [-0.3, -0.25) is 4.99 Å². The van der Waals surface area contributed by atoms with E-state index in [0.717, 1.165) is 64.2 Å². The van der Waals surface area contributed by atoms with Crippen LogP contribution in [0.4, 0.5) is 0 Å². The Kier molecular flexibility index (Phi) is 12.0. The van der Waals surface area contributed by atoms with Gasteiger partial charge in [0.15, 0.2) is 5.96 Å². The molecular formula is C16H33N3O3. The zero-order valence-electron chi connectivity index (χ0n) is 14.2. The van der Waals surface area contributed by atoms with Crippen LogP contribution in [0.1, 0.15) is 32.6 Å². The monoisotopic (exact) mass is 315 g/mol. The summed E-state index contributed by atoms with van der Waals surface area (Å²) < 4.78 is 16.0. The number of hydrogen-bond donors (Lipinski definition) is 2. The lowest BCUT2D eigenvalue weighted by molar-refractivity contribution is 0.0698. The van der Waals surface area contributed by atoms with E-state index in [9.17, 15) is 0 Å². The maximum atomic E-state index is 5.61. The van der Waals surface area contributed by atoms with E-state index in [1.807, 2.05) is 0 Å². The Bertz CT molecular complexity index is 284. The van der Waals surface area contributed by atoms with Crippen molar-refractivity contribution >= 4 is 5.96 Å². The van der Waals surface area contributed by atoms with Crippen LogP contribution in [0.25, 0.3) is 0 Å². The van der Waals surface area contributed by atoms with Gasteiger partial charge in [0, 0.05) is 46.6 Å². The quantitative estimate of drug-likeness (QED) is 0.288. The Hall–Kier alpha value is -0.850. The molecule has 2 N–H and O–H groups in total. The number of guanidine groups is 1. The Morgan fingerprint density at radius 3 is 2.59 bits per heavy atom. The number of methoxy groups -OCH3 is 1. The Balaban J connectivity index is 1.97. The minimum atomic E-state index is 0.653. The zero-order chi connectivity index (χ0) is 15.9. The highest BCUT2D eigenvalue weighted by Gasteiger charge is 2.20. The first-order valence-electron chi connectivity index (χ1n) is 8.53. The summed E-state index contributed by atoms with van der Waals surface area (Å²) >= 11 is 0. The van der Waals surface area contributed by atoms with Gasteiger partial charge in [-0.2, -0.15) is 0 Å². The maximum absolute atomic E-state index is 5.61. The molecule has 22 heavy (non-hydrogen) atoms. The van der Waals surface area contributed by atoms with Crippen LogP contribution in [-0.4, -0.2) is 65.7 Å². The first kappa shape index (κ1) is 19.2. The van der Waals surface area contributed by atoms with Crippen molar-refractivity contribution in [3.63, 3.8) is 0 Å². The van der Waals surface area contributed by atoms with Crippen molar-refractivity contribution in [3.05, 3.63) is 0 Å². The first-order chi connectivity index (χ1) is 10.9. The van der Waals surface area contributed by atoms with Crippen LogP contribution in [0.5, 0.6) is 0 Å². The Morgan fingerprint density at radius 2 is 1.86 bits per heavy atom. The fraction of sp³-hybridized carbons (Fsp3) is 0.938. The number of ether oxygens (including phenoxy) is 3. The molecule has 0 aromatic rings. The average molecular weight is 315 g/mol. The smallest absolute Gasteiger partial charge is 0.191 e. The number of rotatable bonds is 14. The second-order valence-electron chi connectivity index (χ2n) is 5.52. The predicted octanol–water partition coefficient (Wildman–Crippen LogP) is 1.41. The molecule has 0 amide bonds. The lowest BCUT2D eigenvalue weighted by atomic mass is 10.4. The van der Waals surface area contributed by atoms with Gasteiger partial charge in [-0.15, -0.1) is 0 Å². The SMILES string of the molecule is CCNC(=NCCCOCC1CC1)NCCCOCCOC. The zero-order valence-corrected chi connectivity index (χ0v) is 14.2. The molecule has 1 fully saturated rings. The van der Waals surface area contributed by atoms with Gasteiger partial charge in [-0.05, 0) is 38.5 Å². The van der Waals surface area contributed by atoms with Gasteiger partial charge in [0.2, 0.25) is 0 Å². The summed E-state index contributed by atoms with van der Waals surface area (Å²) in [6.45, 7) is 8.40. The molecule has 0 radical (unpaired) electrons. The van der Waals surface area contributed by atoms with Crippen LogP contribution in [0.3, 0.4) is 0 Å². The highest BCUT2D eigenvalue weighted by atomic mass is 16.5. The predicted molar refractivity (Wildman–Crippen MR) is 89.5 cm³/mol. The topological polar surface area (TPSA) is 64.1 Å². The normalized spacial score (nSPS) is 15.1. The number of aliphatic imine (C=N–C) groups is 1. The second kappa shape index (κ2) is 13.8. The van der Waals surface area contributed by atoms with Crippen LogP contribution in [0, 0.1) is 5.92 Å². The van der Waals surface area contributed by atoms with E-state index in [0.29, 0.717) is 13.2 Å². The van der Waals surface area contributed by atoms with E-state index in [-0.39, 0.29) is 0 Å². The Labute approximate surface area is 135 Å². The Morgan fingerprint density at radius 1 is 1.05 bits per heavy atom. The minimum Gasteiger partial charge on any atom is -0.382 e. The van der Waals surface area contributed by atoms with Crippen molar-refractivity contribution in [1.29, 1.82) is 0 Å². The van der Waals surface area contributed by atoms with E-state index in [2.05, 4.69) is 22.5 Å². The third-order valence-corrected chi connectivity index (χ3v) is 3.30.